The molecule has 0 atom stereocenters. The monoisotopic (exact) mass is 284 g/mol. The summed E-state index contributed by atoms with van der Waals surface area (Å²) >= 11 is 5.22. The summed E-state index contributed by atoms with van der Waals surface area (Å²) in [4.78, 5) is 8.47. The standard InChI is InChI=1S/C15H16N4S/c1-12(18-14-7-3-2-4-8-14)19-15(20)17-11-13-6-5-9-16-10-13/h2-10H,11H2,1H3,(H2,17,18,19,20). The Morgan fingerprint density at radius 2 is 2.00 bits per heavy atom. The molecule has 1 heterocycles. The molecule has 1 aromatic heterocycles. The van der Waals surface area contributed by atoms with E-state index < -0.39 is 0 Å². The molecule has 0 radical (unpaired) electrons. The van der Waals surface area contributed by atoms with Gasteiger partial charge >= 0.3 is 0 Å². The van der Waals surface area contributed by atoms with Crippen molar-refractivity contribution in [1.82, 2.24) is 15.6 Å². The molecular formula is C15H16N4S. The molecule has 0 spiro atoms. The lowest BCUT2D eigenvalue weighted by Gasteiger charge is -2.10. The normalized spacial score (nSPS) is 10.9. The summed E-state index contributed by atoms with van der Waals surface area (Å²) in [5.41, 5.74) is 1.97. The van der Waals surface area contributed by atoms with E-state index in [0.717, 1.165) is 17.1 Å². The van der Waals surface area contributed by atoms with Crippen LogP contribution in [0.25, 0.3) is 0 Å². The third kappa shape index (κ3) is 4.78. The molecule has 0 aliphatic rings. The van der Waals surface area contributed by atoms with E-state index in [2.05, 4.69) is 20.6 Å². The Balaban J connectivity index is 1.84. The molecule has 5 heteroatoms. The third-order valence-electron chi connectivity index (χ3n) is 2.52. The van der Waals surface area contributed by atoms with Gasteiger partial charge in [0.05, 0.1) is 5.69 Å². The van der Waals surface area contributed by atoms with Crippen molar-refractivity contribution in [2.75, 3.05) is 0 Å². The Morgan fingerprint density at radius 1 is 1.20 bits per heavy atom. The molecule has 20 heavy (non-hydrogen) atoms. The second-order valence-corrected chi connectivity index (χ2v) is 4.61. The number of amidine groups is 1. The molecule has 0 unspecified atom stereocenters. The van der Waals surface area contributed by atoms with Crippen LogP contribution in [0.2, 0.25) is 0 Å². The molecule has 0 saturated heterocycles. The van der Waals surface area contributed by atoms with Crippen LogP contribution in [0.5, 0.6) is 0 Å². The Kier molecular flexibility index (Phi) is 5.20. The van der Waals surface area contributed by atoms with Crippen molar-refractivity contribution in [2.45, 2.75) is 13.5 Å². The molecule has 2 rings (SSSR count). The first-order valence-electron chi connectivity index (χ1n) is 6.28. The van der Waals surface area contributed by atoms with Crippen molar-refractivity contribution in [3.05, 3.63) is 60.4 Å². The van der Waals surface area contributed by atoms with Crippen LogP contribution >= 0.6 is 12.2 Å². The maximum absolute atomic E-state index is 5.22. The quantitative estimate of drug-likeness (QED) is 0.517. The molecule has 0 amide bonds. The minimum absolute atomic E-state index is 0.547. The first-order chi connectivity index (χ1) is 9.74. The highest BCUT2D eigenvalue weighted by Crippen LogP contribution is 2.09. The van der Waals surface area contributed by atoms with Crippen molar-refractivity contribution < 1.29 is 0 Å². The minimum Gasteiger partial charge on any atom is -0.358 e. The van der Waals surface area contributed by atoms with Gasteiger partial charge in [-0.2, -0.15) is 0 Å². The number of aromatic nitrogens is 1. The maximum atomic E-state index is 5.22. The summed E-state index contributed by atoms with van der Waals surface area (Å²) < 4.78 is 0. The number of hydrogen-bond acceptors (Lipinski definition) is 3. The Labute approximate surface area is 124 Å². The molecule has 1 aromatic carbocycles. The number of hydrogen-bond donors (Lipinski definition) is 2. The Morgan fingerprint density at radius 3 is 2.70 bits per heavy atom. The van der Waals surface area contributed by atoms with Crippen LogP contribution in [0.4, 0.5) is 5.69 Å². The highest BCUT2D eigenvalue weighted by molar-refractivity contribution is 7.80. The Bertz CT molecular complexity index is 581. The van der Waals surface area contributed by atoms with Crippen molar-refractivity contribution in [3.8, 4) is 0 Å². The fraction of sp³-hybridized carbons (Fsp3) is 0.133. The summed E-state index contributed by atoms with van der Waals surface area (Å²) in [6, 6.07) is 13.6. The molecule has 0 bridgehead atoms. The first-order valence-corrected chi connectivity index (χ1v) is 6.69. The highest BCUT2D eigenvalue weighted by Gasteiger charge is 1.98. The molecule has 2 aromatic rings. The summed E-state index contributed by atoms with van der Waals surface area (Å²) in [5.74, 6) is 0.750. The van der Waals surface area contributed by atoms with Gasteiger partial charge in [-0.1, -0.05) is 24.3 Å². The van der Waals surface area contributed by atoms with E-state index in [0.29, 0.717) is 11.7 Å². The van der Waals surface area contributed by atoms with Crippen LogP contribution in [-0.4, -0.2) is 15.9 Å². The van der Waals surface area contributed by atoms with Crippen LogP contribution < -0.4 is 10.6 Å². The van der Waals surface area contributed by atoms with E-state index in [1.807, 2.05) is 49.4 Å². The number of nitrogens with one attached hydrogen (secondary N) is 2. The number of nitrogens with zero attached hydrogens (tertiary/aromatic N) is 2. The lowest BCUT2D eigenvalue weighted by atomic mass is 10.3. The fourth-order valence-corrected chi connectivity index (χ4v) is 1.84. The highest BCUT2D eigenvalue weighted by atomic mass is 32.1. The van der Waals surface area contributed by atoms with Crippen LogP contribution in [0.3, 0.4) is 0 Å². The van der Waals surface area contributed by atoms with Crippen molar-refractivity contribution >= 4 is 28.9 Å². The molecule has 0 aliphatic carbocycles. The van der Waals surface area contributed by atoms with Gasteiger partial charge < -0.3 is 10.6 Å². The van der Waals surface area contributed by atoms with Crippen molar-refractivity contribution in [1.29, 1.82) is 0 Å². The molecule has 4 nitrogen and oxygen atoms in total. The van der Waals surface area contributed by atoms with Crippen LogP contribution in [0, 0.1) is 0 Å². The van der Waals surface area contributed by atoms with Gasteiger partial charge in [0.1, 0.15) is 5.84 Å². The van der Waals surface area contributed by atoms with Gasteiger partial charge in [-0.05, 0) is 42.9 Å². The second-order valence-electron chi connectivity index (χ2n) is 4.20. The molecule has 0 saturated carbocycles. The molecule has 0 aliphatic heterocycles. The second kappa shape index (κ2) is 7.35. The Hall–Kier alpha value is -2.27. The molecular weight excluding hydrogens is 268 g/mol. The van der Waals surface area contributed by atoms with Crippen LogP contribution in [0.15, 0.2) is 59.9 Å². The zero-order chi connectivity index (χ0) is 14.2. The van der Waals surface area contributed by atoms with Gasteiger partial charge in [-0.25, -0.2) is 4.99 Å². The van der Waals surface area contributed by atoms with Gasteiger partial charge in [0, 0.05) is 18.9 Å². The molecule has 2 N–H and O–H groups in total. The lowest BCUT2D eigenvalue weighted by Crippen LogP contribution is -2.37. The van der Waals surface area contributed by atoms with Crippen LogP contribution in [-0.2, 0) is 6.54 Å². The predicted molar refractivity (Wildman–Crippen MR) is 86.0 cm³/mol. The predicted octanol–water partition coefficient (Wildman–Crippen LogP) is 2.80. The third-order valence-corrected chi connectivity index (χ3v) is 2.77. The summed E-state index contributed by atoms with van der Waals surface area (Å²) in [5, 5.41) is 6.71. The number of rotatable bonds is 3. The van der Waals surface area contributed by atoms with Crippen LogP contribution in [0.1, 0.15) is 12.5 Å². The van der Waals surface area contributed by atoms with E-state index in [4.69, 9.17) is 12.2 Å². The number of para-hydroxylation sites is 1. The van der Waals surface area contributed by atoms with Gasteiger partial charge in [0.25, 0.3) is 0 Å². The van der Waals surface area contributed by atoms with Gasteiger partial charge in [-0.3, -0.25) is 4.98 Å². The van der Waals surface area contributed by atoms with Crippen molar-refractivity contribution in [2.24, 2.45) is 4.99 Å². The van der Waals surface area contributed by atoms with Crippen molar-refractivity contribution in [3.63, 3.8) is 0 Å². The van der Waals surface area contributed by atoms with E-state index in [9.17, 15) is 0 Å². The lowest BCUT2D eigenvalue weighted by molar-refractivity contribution is 0.898. The molecule has 102 valence electrons. The van der Waals surface area contributed by atoms with E-state index in [1.54, 1.807) is 12.4 Å². The van der Waals surface area contributed by atoms with Gasteiger partial charge in [0.2, 0.25) is 0 Å². The SMILES string of the molecule is C/C(=N\c1ccccc1)NC(=S)NCc1cccnc1. The minimum atomic E-state index is 0.547. The largest absolute Gasteiger partial charge is 0.358 e. The zero-order valence-corrected chi connectivity index (χ0v) is 12.0. The fourth-order valence-electron chi connectivity index (χ4n) is 1.62. The number of benzene rings is 1. The van der Waals surface area contributed by atoms with Gasteiger partial charge in [0.15, 0.2) is 5.11 Å². The smallest absolute Gasteiger partial charge is 0.171 e. The summed E-state index contributed by atoms with van der Waals surface area (Å²) in [6.45, 7) is 2.52. The topological polar surface area (TPSA) is 49.3 Å². The number of thiocarbonyl (C=S) groups is 1. The van der Waals surface area contributed by atoms with E-state index in [1.165, 1.54) is 0 Å². The number of pyridine rings is 1. The summed E-state index contributed by atoms with van der Waals surface area (Å²) in [7, 11) is 0. The summed E-state index contributed by atoms with van der Waals surface area (Å²) in [6.07, 6.45) is 3.55. The average molecular weight is 284 g/mol. The van der Waals surface area contributed by atoms with Gasteiger partial charge in [-0.15, -0.1) is 0 Å². The average Bonchev–Trinajstić information content (AvgIpc) is 2.47. The maximum Gasteiger partial charge on any atom is 0.171 e. The van der Waals surface area contributed by atoms with E-state index in [-0.39, 0.29) is 0 Å². The zero-order valence-electron chi connectivity index (χ0n) is 11.2. The van der Waals surface area contributed by atoms with E-state index >= 15 is 0 Å². The number of aliphatic imine (C=N–C) groups is 1. The molecule has 0 fully saturated rings. The first kappa shape index (κ1) is 14.1.